The fraction of sp³-hybridized carbons (Fsp3) is 0.0556. The van der Waals surface area contributed by atoms with Gasteiger partial charge in [0.2, 0.25) is 0 Å². The van der Waals surface area contributed by atoms with Gasteiger partial charge in [0.15, 0.2) is 0 Å². The van der Waals surface area contributed by atoms with E-state index in [4.69, 9.17) is 4.74 Å². The maximum atomic E-state index is 12.7. The number of hydrogen-bond donors (Lipinski definition) is 3. The highest BCUT2D eigenvalue weighted by Crippen LogP contribution is 2.29. The Kier molecular flexibility index (Phi) is 3.58. The molecule has 4 rings (SSSR count). The van der Waals surface area contributed by atoms with Crippen LogP contribution in [-0.2, 0) is 0 Å². The second kappa shape index (κ2) is 5.92. The molecule has 0 bridgehead atoms. The first-order valence-corrected chi connectivity index (χ1v) is 7.76. The highest BCUT2D eigenvalue weighted by molar-refractivity contribution is 6.07. The predicted molar refractivity (Wildman–Crippen MR) is 98.3 cm³/mol. The van der Waals surface area contributed by atoms with Crippen molar-refractivity contribution in [2.45, 2.75) is 0 Å². The van der Waals surface area contributed by atoms with Gasteiger partial charge in [0.1, 0.15) is 17.0 Å². The van der Waals surface area contributed by atoms with Crippen molar-refractivity contribution < 1.29 is 9.84 Å². The summed E-state index contributed by atoms with van der Waals surface area (Å²) in [5.74, 6) is 0.538. The number of para-hydroxylation sites is 1. The molecule has 0 aliphatic heterocycles. The molecule has 0 aliphatic carbocycles. The number of nitrogens with one attached hydrogen (secondary N) is 2. The Morgan fingerprint density at radius 2 is 1.88 bits per heavy atom. The molecule has 0 spiro atoms. The summed E-state index contributed by atoms with van der Waals surface area (Å²) in [5.41, 5.74) is 0.321. The smallest absolute Gasteiger partial charge is 0.350 e. The summed E-state index contributed by atoms with van der Waals surface area (Å²) in [7, 11) is 1.52. The van der Waals surface area contributed by atoms with Gasteiger partial charge in [0.25, 0.3) is 0 Å². The second-order valence-corrected chi connectivity index (χ2v) is 5.61. The summed E-state index contributed by atoms with van der Waals surface area (Å²) in [4.78, 5) is 30.8. The lowest BCUT2D eigenvalue weighted by Crippen LogP contribution is -2.32. The van der Waals surface area contributed by atoms with Crippen molar-refractivity contribution in [1.29, 1.82) is 0 Å². The van der Waals surface area contributed by atoms with Gasteiger partial charge in [-0.1, -0.05) is 18.2 Å². The van der Waals surface area contributed by atoms with Crippen LogP contribution < -0.4 is 16.0 Å². The third kappa shape index (κ3) is 2.35. The number of H-pyrrole nitrogens is 2. The van der Waals surface area contributed by atoms with Gasteiger partial charge in [-0.3, -0.25) is 4.79 Å². The van der Waals surface area contributed by atoms with E-state index in [1.54, 1.807) is 36.4 Å². The van der Waals surface area contributed by atoms with Gasteiger partial charge >= 0.3 is 11.2 Å². The van der Waals surface area contributed by atoms with E-state index in [9.17, 15) is 14.7 Å². The fourth-order valence-corrected chi connectivity index (χ4v) is 2.85. The summed E-state index contributed by atoms with van der Waals surface area (Å²) >= 11 is 0. The van der Waals surface area contributed by atoms with Crippen LogP contribution >= 0.6 is 0 Å². The summed E-state index contributed by atoms with van der Waals surface area (Å²) in [5, 5.41) is 14.3. The van der Waals surface area contributed by atoms with Crippen molar-refractivity contribution in [3.8, 4) is 11.5 Å². The molecule has 2 heterocycles. The van der Waals surface area contributed by atoms with Crippen molar-refractivity contribution in [3.63, 3.8) is 0 Å². The minimum absolute atomic E-state index is 0.00264. The molecule has 0 saturated carbocycles. The monoisotopic (exact) mass is 350 g/mol. The molecule has 3 N–H and O–H groups in total. The zero-order chi connectivity index (χ0) is 18.3. The average molecular weight is 350 g/mol. The van der Waals surface area contributed by atoms with Crippen molar-refractivity contribution >= 4 is 28.2 Å². The molecule has 26 heavy (non-hydrogen) atoms. The number of fused-ring (bicyclic) bond motifs is 3. The van der Waals surface area contributed by atoms with Gasteiger partial charge in [0, 0.05) is 5.56 Å². The van der Waals surface area contributed by atoms with Crippen molar-refractivity contribution in [1.82, 2.24) is 14.6 Å². The van der Waals surface area contributed by atoms with Crippen LogP contribution in [0.3, 0.4) is 0 Å². The van der Waals surface area contributed by atoms with Crippen LogP contribution in [0.2, 0.25) is 0 Å². The Labute approximate surface area is 146 Å². The van der Waals surface area contributed by atoms with Gasteiger partial charge in [-0.2, -0.15) is 5.10 Å². The molecule has 130 valence electrons. The van der Waals surface area contributed by atoms with Gasteiger partial charge < -0.3 is 19.8 Å². The van der Waals surface area contributed by atoms with Crippen LogP contribution in [-0.4, -0.2) is 33.1 Å². The van der Waals surface area contributed by atoms with Gasteiger partial charge in [-0.15, -0.1) is 4.68 Å². The molecule has 8 heteroatoms. The number of nitrogens with zero attached hydrogens (tertiary/aromatic N) is 2. The first-order chi connectivity index (χ1) is 12.6. The van der Waals surface area contributed by atoms with Crippen LogP contribution in [0, 0.1) is 0 Å². The number of aromatic hydroxyl groups is 1. The van der Waals surface area contributed by atoms with Crippen molar-refractivity contribution in [2.75, 3.05) is 7.11 Å². The van der Waals surface area contributed by atoms with E-state index in [0.29, 0.717) is 32.4 Å². The van der Waals surface area contributed by atoms with Crippen LogP contribution in [0.25, 0.3) is 21.9 Å². The predicted octanol–water partition coefficient (Wildman–Crippen LogP) is 1.77. The Balaban J connectivity index is 1.96. The number of phenols is 1. The first kappa shape index (κ1) is 15.7. The van der Waals surface area contributed by atoms with E-state index in [1.165, 1.54) is 19.4 Å². The topological polar surface area (TPSA) is 112 Å². The first-order valence-electron chi connectivity index (χ1n) is 7.76. The van der Waals surface area contributed by atoms with E-state index in [0.717, 1.165) is 0 Å². The number of phenolic OH excluding ortho intramolecular Hbond substituents is 1. The second-order valence-electron chi connectivity index (χ2n) is 5.61. The summed E-state index contributed by atoms with van der Waals surface area (Å²) in [6.07, 6.45) is 1.25. The number of hydrogen-bond acceptors (Lipinski definition) is 5. The lowest BCUT2D eigenvalue weighted by Gasteiger charge is -2.02. The van der Waals surface area contributed by atoms with Crippen LogP contribution in [0.1, 0.15) is 5.56 Å². The highest BCUT2D eigenvalue weighted by atomic mass is 16.5. The molecule has 0 fully saturated rings. The Morgan fingerprint density at radius 3 is 2.65 bits per heavy atom. The van der Waals surface area contributed by atoms with Crippen LogP contribution in [0.4, 0.5) is 0 Å². The SMILES string of the molecule is COc1cccc2[nH]c3c(=O)n(/N=C\c4ccccc4O)c(=O)[nH]c3c12. The summed E-state index contributed by atoms with van der Waals surface area (Å²) < 4.78 is 6.02. The fourth-order valence-electron chi connectivity index (χ4n) is 2.85. The zero-order valence-electron chi connectivity index (χ0n) is 13.7. The number of rotatable bonds is 3. The van der Waals surface area contributed by atoms with E-state index < -0.39 is 11.2 Å². The molecule has 0 atom stereocenters. The third-order valence-electron chi connectivity index (χ3n) is 4.09. The largest absolute Gasteiger partial charge is 0.507 e. The van der Waals surface area contributed by atoms with E-state index in [-0.39, 0.29) is 11.3 Å². The van der Waals surface area contributed by atoms with E-state index in [1.807, 2.05) is 0 Å². The average Bonchev–Trinajstić information content (AvgIpc) is 3.02. The number of benzene rings is 2. The maximum Gasteiger partial charge on any atom is 0.350 e. The number of aromatic nitrogens is 3. The lowest BCUT2D eigenvalue weighted by molar-refractivity contribution is 0.420. The molecule has 0 radical (unpaired) electrons. The maximum absolute atomic E-state index is 12.7. The number of methoxy groups -OCH3 is 1. The van der Waals surface area contributed by atoms with Crippen LogP contribution in [0.5, 0.6) is 11.5 Å². The van der Waals surface area contributed by atoms with E-state index in [2.05, 4.69) is 15.1 Å². The molecule has 2 aromatic heterocycles. The van der Waals surface area contributed by atoms with Gasteiger partial charge in [0.05, 0.1) is 29.7 Å². The number of ether oxygens (including phenoxy) is 1. The van der Waals surface area contributed by atoms with Gasteiger partial charge in [-0.25, -0.2) is 4.79 Å². The standard InChI is InChI=1S/C18H14N4O4/c1-26-13-8-4-6-11-14(13)15-16(20-11)17(24)22(18(25)21-15)19-9-10-5-2-3-7-12(10)23/h2-9,20,23H,1H3,(H,21,25)/b19-9-. The van der Waals surface area contributed by atoms with Crippen molar-refractivity contribution in [3.05, 3.63) is 68.9 Å². The van der Waals surface area contributed by atoms with E-state index >= 15 is 0 Å². The third-order valence-corrected chi connectivity index (χ3v) is 4.09. The molecule has 0 saturated heterocycles. The number of aromatic amines is 2. The van der Waals surface area contributed by atoms with Crippen molar-refractivity contribution in [2.24, 2.45) is 5.10 Å². The molecule has 0 amide bonds. The molecule has 0 aliphatic rings. The van der Waals surface area contributed by atoms with Gasteiger partial charge in [-0.05, 0) is 24.3 Å². The Bertz CT molecular complexity index is 1280. The minimum atomic E-state index is -0.694. The minimum Gasteiger partial charge on any atom is -0.507 e. The normalized spacial score (nSPS) is 11.6. The molecular formula is C18H14N4O4. The molecule has 4 aromatic rings. The summed E-state index contributed by atoms with van der Waals surface area (Å²) in [6.45, 7) is 0. The van der Waals surface area contributed by atoms with Crippen LogP contribution in [0.15, 0.2) is 57.2 Å². The molecule has 0 unspecified atom stereocenters. The molecule has 2 aromatic carbocycles. The zero-order valence-corrected chi connectivity index (χ0v) is 13.7. The molecular weight excluding hydrogens is 336 g/mol. The Morgan fingerprint density at radius 1 is 1.08 bits per heavy atom. The highest BCUT2D eigenvalue weighted by Gasteiger charge is 2.15. The summed E-state index contributed by atoms with van der Waals surface area (Å²) in [6, 6.07) is 11.8. The molecule has 8 nitrogen and oxygen atoms in total. The quantitative estimate of drug-likeness (QED) is 0.489. The Hall–Kier alpha value is -3.81. The lowest BCUT2D eigenvalue weighted by atomic mass is 10.2.